The molecule has 0 atom stereocenters. The highest BCUT2D eigenvalue weighted by molar-refractivity contribution is 7.98. The van der Waals surface area contributed by atoms with Gasteiger partial charge in [0, 0.05) is 25.5 Å². The van der Waals surface area contributed by atoms with E-state index in [1.54, 1.807) is 47.1 Å². The van der Waals surface area contributed by atoms with Gasteiger partial charge in [-0.05, 0) is 43.4 Å². The molecule has 1 aromatic carbocycles. The van der Waals surface area contributed by atoms with Crippen molar-refractivity contribution in [2.45, 2.75) is 20.4 Å². The minimum Gasteiger partial charge on any atom is -0.315 e. The van der Waals surface area contributed by atoms with Gasteiger partial charge in [-0.3, -0.25) is 9.48 Å². The SMILES string of the molecule is CSCCn1c(=NC(=O)c2ccnn2C)sc2c(C)cc(C)cc21. The van der Waals surface area contributed by atoms with Crippen molar-refractivity contribution in [1.29, 1.82) is 0 Å². The van der Waals surface area contributed by atoms with E-state index in [1.807, 2.05) is 0 Å². The van der Waals surface area contributed by atoms with Gasteiger partial charge in [0.05, 0.1) is 10.2 Å². The second kappa shape index (κ2) is 6.94. The summed E-state index contributed by atoms with van der Waals surface area (Å²) in [5.74, 6) is 0.722. The maximum absolute atomic E-state index is 12.5. The van der Waals surface area contributed by atoms with Crippen molar-refractivity contribution < 1.29 is 4.79 Å². The zero-order valence-corrected chi connectivity index (χ0v) is 15.9. The van der Waals surface area contributed by atoms with Crippen molar-refractivity contribution in [3.05, 3.63) is 46.0 Å². The minimum absolute atomic E-state index is 0.256. The van der Waals surface area contributed by atoms with E-state index in [1.165, 1.54) is 15.8 Å². The fourth-order valence-corrected chi connectivity index (χ4v) is 4.19. The smallest absolute Gasteiger partial charge is 0.297 e. The second-order valence-electron chi connectivity index (χ2n) is 5.72. The van der Waals surface area contributed by atoms with Crippen LogP contribution in [0.25, 0.3) is 10.2 Å². The Kier molecular flexibility index (Phi) is 4.91. The highest BCUT2D eigenvalue weighted by Gasteiger charge is 2.13. The molecule has 0 saturated carbocycles. The summed E-state index contributed by atoms with van der Waals surface area (Å²) in [5, 5.41) is 4.05. The second-order valence-corrected chi connectivity index (χ2v) is 7.68. The minimum atomic E-state index is -0.256. The summed E-state index contributed by atoms with van der Waals surface area (Å²) >= 11 is 3.37. The molecule has 126 valence electrons. The molecule has 3 rings (SSSR count). The molecule has 0 bridgehead atoms. The van der Waals surface area contributed by atoms with Crippen LogP contribution in [0.15, 0.2) is 29.4 Å². The third kappa shape index (κ3) is 3.18. The molecule has 0 aliphatic heterocycles. The number of nitrogens with zero attached hydrogens (tertiary/aromatic N) is 4. The van der Waals surface area contributed by atoms with Crippen LogP contribution >= 0.6 is 23.1 Å². The number of thioether (sulfide) groups is 1. The summed E-state index contributed by atoms with van der Waals surface area (Å²) in [7, 11) is 1.75. The first-order valence-corrected chi connectivity index (χ1v) is 9.89. The van der Waals surface area contributed by atoms with Crippen LogP contribution in [0.1, 0.15) is 21.6 Å². The zero-order chi connectivity index (χ0) is 17.3. The molecule has 0 fully saturated rings. The molecular weight excluding hydrogens is 340 g/mol. The number of carbonyl (C=O) groups is 1. The van der Waals surface area contributed by atoms with Gasteiger partial charge in [-0.1, -0.05) is 17.4 Å². The fraction of sp³-hybridized carbons (Fsp3) is 0.353. The van der Waals surface area contributed by atoms with Crippen LogP contribution in [0.2, 0.25) is 0 Å². The Morgan fingerprint density at radius 3 is 2.83 bits per heavy atom. The van der Waals surface area contributed by atoms with Crippen molar-refractivity contribution in [2.24, 2.45) is 12.0 Å². The maximum Gasteiger partial charge on any atom is 0.297 e. The first-order valence-electron chi connectivity index (χ1n) is 7.68. The molecule has 0 radical (unpaired) electrons. The quantitative estimate of drug-likeness (QED) is 0.718. The maximum atomic E-state index is 12.5. The molecule has 0 N–H and O–H groups in total. The summed E-state index contributed by atoms with van der Waals surface area (Å²) in [5.41, 5.74) is 4.10. The predicted molar refractivity (Wildman–Crippen MR) is 101 cm³/mol. The van der Waals surface area contributed by atoms with Crippen LogP contribution in [0.5, 0.6) is 0 Å². The van der Waals surface area contributed by atoms with Crippen molar-refractivity contribution in [1.82, 2.24) is 14.3 Å². The first kappa shape index (κ1) is 17.0. The lowest BCUT2D eigenvalue weighted by molar-refractivity contribution is 0.0989. The van der Waals surface area contributed by atoms with Gasteiger partial charge in [-0.25, -0.2) is 0 Å². The monoisotopic (exact) mass is 360 g/mol. The number of aryl methyl sites for hydroxylation is 4. The van der Waals surface area contributed by atoms with Gasteiger partial charge >= 0.3 is 0 Å². The molecule has 1 amide bonds. The van der Waals surface area contributed by atoms with Crippen molar-refractivity contribution >= 4 is 39.2 Å². The van der Waals surface area contributed by atoms with Crippen molar-refractivity contribution in [2.75, 3.05) is 12.0 Å². The molecule has 0 unspecified atom stereocenters. The van der Waals surface area contributed by atoms with Gasteiger partial charge in [0.1, 0.15) is 5.69 Å². The van der Waals surface area contributed by atoms with E-state index >= 15 is 0 Å². The zero-order valence-electron chi connectivity index (χ0n) is 14.2. The van der Waals surface area contributed by atoms with Crippen LogP contribution in [0.3, 0.4) is 0 Å². The predicted octanol–water partition coefficient (Wildman–Crippen LogP) is 3.16. The fourth-order valence-electron chi connectivity index (χ4n) is 2.72. The van der Waals surface area contributed by atoms with E-state index in [0.29, 0.717) is 5.69 Å². The number of fused-ring (bicyclic) bond motifs is 1. The van der Waals surface area contributed by atoms with Crippen LogP contribution < -0.4 is 4.80 Å². The van der Waals surface area contributed by atoms with Crippen LogP contribution in [-0.4, -0.2) is 32.3 Å². The third-order valence-electron chi connectivity index (χ3n) is 3.87. The van der Waals surface area contributed by atoms with Gasteiger partial charge < -0.3 is 4.57 Å². The van der Waals surface area contributed by atoms with Crippen LogP contribution in [0.4, 0.5) is 0 Å². The molecule has 0 spiro atoms. The van der Waals surface area contributed by atoms with Gasteiger partial charge in [0.2, 0.25) is 0 Å². The van der Waals surface area contributed by atoms with E-state index < -0.39 is 0 Å². The summed E-state index contributed by atoms with van der Waals surface area (Å²) in [6.45, 7) is 5.04. The first-order chi connectivity index (χ1) is 11.5. The number of amides is 1. The molecule has 24 heavy (non-hydrogen) atoms. The van der Waals surface area contributed by atoms with Crippen LogP contribution in [-0.2, 0) is 13.6 Å². The molecule has 2 heterocycles. The highest BCUT2D eigenvalue weighted by atomic mass is 32.2. The highest BCUT2D eigenvalue weighted by Crippen LogP contribution is 2.23. The van der Waals surface area contributed by atoms with E-state index in [9.17, 15) is 4.79 Å². The lowest BCUT2D eigenvalue weighted by Crippen LogP contribution is -2.19. The summed E-state index contributed by atoms with van der Waals surface area (Å²) in [6.07, 6.45) is 3.70. The molecule has 7 heteroatoms. The number of carbonyl (C=O) groups excluding carboxylic acids is 1. The molecule has 0 aliphatic carbocycles. The molecule has 5 nitrogen and oxygen atoms in total. The Hall–Kier alpha value is -1.86. The Bertz CT molecular complexity index is 965. The topological polar surface area (TPSA) is 52.2 Å². The number of hydrogen-bond donors (Lipinski definition) is 0. The summed E-state index contributed by atoms with van der Waals surface area (Å²) in [4.78, 5) is 17.7. The average molecular weight is 361 g/mol. The third-order valence-corrected chi connectivity index (χ3v) is 5.69. The number of hydrogen-bond acceptors (Lipinski definition) is 4. The Labute approximate surface area is 149 Å². The van der Waals surface area contributed by atoms with Crippen LogP contribution in [0, 0.1) is 13.8 Å². The lowest BCUT2D eigenvalue weighted by Gasteiger charge is -2.05. The number of rotatable bonds is 4. The van der Waals surface area contributed by atoms with Gasteiger partial charge in [-0.15, -0.1) is 0 Å². The standard InChI is InChI=1S/C17H20N4OS2/c1-11-9-12(2)15-14(10-11)21(7-8-23-4)17(24-15)19-16(22)13-5-6-18-20(13)3/h5-6,9-10H,7-8H2,1-4H3. The normalized spacial score (nSPS) is 12.2. The van der Waals surface area contributed by atoms with Gasteiger partial charge in [0.15, 0.2) is 4.80 Å². The van der Waals surface area contributed by atoms with E-state index in [2.05, 4.69) is 46.9 Å². The molecular formula is C17H20N4OS2. The largest absolute Gasteiger partial charge is 0.315 e. The van der Waals surface area contributed by atoms with Crippen molar-refractivity contribution in [3.63, 3.8) is 0 Å². The number of benzene rings is 1. The number of aromatic nitrogens is 3. The van der Waals surface area contributed by atoms with E-state index in [-0.39, 0.29) is 5.91 Å². The van der Waals surface area contributed by atoms with Crippen molar-refractivity contribution in [3.8, 4) is 0 Å². The molecule has 0 saturated heterocycles. The molecule has 2 aromatic heterocycles. The molecule has 3 aromatic rings. The average Bonchev–Trinajstić information content (AvgIpc) is 3.09. The van der Waals surface area contributed by atoms with Gasteiger partial charge in [-0.2, -0.15) is 21.9 Å². The van der Waals surface area contributed by atoms with Gasteiger partial charge in [0.25, 0.3) is 5.91 Å². The summed E-state index contributed by atoms with van der Waals surface area (Å²) in [6, 6.07) is 6.04. The Morgan fingerprint density at radius 2 is 2.17 bits per heavy atom. The number of thiazole rings is 1. The Balaban J connectivity index is 2.19. The molecule has 0 aliphatic rings. The summed E-state index contributed by atoms with van der Waals surface area (Å²) < 4.78 is 4.91. The Morgan fingerprint density at radius 1 is 1.38 bits per heavy atom. The lowest BCUT2D eigenvalue weighted by atomic mass is 10.1. The van der Waals surface area contributed by atoms with E-state index in [4.69, 9.17) is 0 Å². The van der Waals surface area contributed by atoms with E-state index in [0.717, 1.165) is 22.6 Å².